The zero-order valence-corrected chi connectivity index (χ0v) is 36.1. The third-order valence-electron chi connectivity index (χ3n) is 13.0. The average Bonchev–Trinajstić information content (AvgIpc) is 3.94. The first-order valence-electron chi connectivity index (χ1n) is 21.4. The number of aryl methyl sites for hydroxylation is 1. The Bertz CT molecular complexity index is 3070. The Morgan fingerprint density at radius 3 is 2.50 bits per heavy atom. The SMILES string of the molecule is Cc1nc(Nc2cccc(OC(F)F)c2)nc2c1n(-c1ccc(C(=O)N3CCc4c(n(Cc5ccc(Cl)cc5F)c5ncccc45)C3)nc1)c(=O)n2C1CCN(CC2(C(F)(F)F)CC2)CC1. The van der Waals surface area contributed by atoms with E-state index >= 15 is 4.39 Å². The van der Waals surface area contributed by atoms with Crippen molar-refractivity contribution in [2.75, 3.05) is 31.5 Å². The van der Waals surface area contributed by atoms with Gasteiger partial charge in [-0.05, 0) is 93.1 Å². The number of halogens is 7. The van der Waals surface area contributed by atoms with E-state index in [2.05, 4.69) is 25.0 Å². The number of fused-ring (bicyclic) bond motifs is 4. The molecule has 7 heterocycles. The Morgan fingerprint density at radius 2 is 1.79 bits per heavy atom. The molecule has 1 saturated carbocycles. The number of alkyl halides is 5. The number of imidazole rings is 1. The largest absolute Gasteiger partial charge is 0.435 e. The fourth-order valence-corrected chi connectivity index (χ4v) is 9.61. The van der Waals surface area contributed by atoms with Crippen LogP contribution in [0.15, 0.2) is 83.9 Å². The molecule has 7 aromatic rings. The summed E-state index contributed by atoms with van der Waals surface area (Å²) in [6.45, 7) is -0.00925. The summed E-state index contributed by atoms with van der Waals surface area (Å²) in [7, 11) is 0. The van der Waals surface area contributed by atoms with E-state index in [9.17, 15) is 31.5 Å². The topological polar surface area (TPSA) is 128 Å². The second-order valence-electron chi connectivity index (χ2n) is 17.1. The molecule has 1 aliphatic carbocycles. The number of likely N-dealkylation sites (tertiary alicyclic amines) is 1. The van der Waals surface area contributed by atoms with E-state index in [-0.39, 0.29) is 66.4 Å². The third-order valence-corrected chi connectivity index (χ3v) is 13.2. The maximum absolute atomic E-state index is 15.0. The summed E-state index contributed by atoms with van der Waals surface area (Å²) < 4.78 is 92.1. The van der Waals surface area contributed by atoms with Crippen LogP contribution in [-0.2, 0) is 19.5 Å². The fraction of sp³-hybridized carbons (Fsp3) is 0.348. The van der Waals surface area contributed by atoms with E-state index in [0.29, 0.717) is 72.7 Å². The van der Waals surface area contributed by atoms with E-state index < -0.39 is 35.8 Å². The van der Waals surface area contributed by atoms with Crippen LogP contribution in [0, 0.1) is 18.2 Å². The number of carbonyl (C=O) groups excluding carboxylic acids is 1. The summed E-state index contributed by atoms with van der Waals surface area (Å²) in [4.78, 5) is 50.9. The van der Waals surface area contributed by atoms with E-state index in [1.54, 1.807) is 42.3 Å². The van der Waals surface area contributed by atoms with Crippen LogP contribution >= 0.6 is 11.6 Å². The second kappa shape index (κ2) is 16.8. The molecular formula is C46H41ClF6N10O3. The predicted molar refractivity (Wildman–Crippen MR) is 233 cm³/mol. The highest BCUT2D eigenvalue weighted by molar-refractivity contribution is 6.30. The first kappa shape index (κ1) is 43.4. The molecule has 0 unspecified atom stereocenters. The van der Waals surface area contributed by atoms with Crippen molar-refractivity contribution >= 4 is 51.3 Å². The van der Waals surface area contributed by atoms with Crippen LogP contribution < -0.4 is 15.7 Å². The number of piperidine rings is 1. The molecule has 0 radical (unpaired) electrons. The van der Waals surface area contributed by atoms with Gasteiger partial charge in [0.25, 0.3) is 5.91 Å². The fourth-order valence-electron chi connectivity index (χ4n) is 9.46. The third kappa shape index (κ3) is 8.01. The second-order valence-corrected chi connectivity index (χ2v) is 17.5. The summed E-state index contributed by atoms with van der Waals surface area (Å²) in [6, 6.07) is 16.9. The molecule has 66 heavy (non-hydrogen) atoms. The van der Waals surface area contributed by atoms with Gasteiger partial charge in [-0.1, -0.05) is 23.7 Å². The van der Waals surface area contributed by atoms with Crippen LogP contribution in [0.5, 0.6) is 5.75 Å². The number of anilines is 2. The quantitative estimate of drug-likeness (QED) is 0.127. The number of nitrogens with zero attached hydrogens (tertiary/aromatic N) is 9. The molecule has 1 N–H and O–H groups in total. The van der Waals surface area contributed by atoms with Crippen molar-refractivity contribution in [3.8, 4) is 11.4 Å². The number of aromatic nitrogens is 7. The highest BCUT2D eigenvalue weighted by atomic mass is 35.5. The lowest BCUT2D eigenvalue weighted by Crippen LogP contribution is -2.43. The molecule has 1 saturated heterocycles. The summed E-state index contributed by atoms with van der Waals surface area (Å²) in [5.41, 5.74) is 2.53. The standard InChI is InChI=1S/C46H41ClF6N10O3/c1-26-38-40(58-43(56-26)57-29-4-2-5-32(21-29)66-42(49)50)63(30-11-17-59(18-12-30)25-45(14-15-45)46(51,52)53)44(65)62(38)31-9-10-36(55-22-31)41(64)60-19-13-33-34-6-3-16-54-39(34)61(37(33)24-60)23-27-7-8-28(47)20-35(27)48/h2-10,16,20-22,30,42H,11-15,17-19,23-25H2,1H3,(H,56,57,58). The number of benzene rings is 2. The number of nitrogens with one attached hydrogen (secondary N) is 1. The molecule has 2 aliphatic heterocycles. The van der Waals surface area contributed by atoms with E-state index in [0.717, 1.165) is 16.6 Å². The average molecular weight is 931 g/mol. The van der Waals surface area contributed by atoms with Gasteiger partial charge in [-0.3, -0.25) is 13.9 Å². The number of ether oxygens (including phenoxy) is 1. The molecular weight excluding hydrogens is 890 g/mol. The van der Waals surface area contributed by atoms with Crippen LogP contribution in [0.4, 0.5) is 38.0 Å². The van der Waals surface area contributed by atoms with E-state index in [4.69, 9.17) is 16.6 Å². The van der Waals surface area contributed by atoms with E-state index in [1.165, 1.54) is 45.7 Å². The summed E-state index contributed by atoms with van der Waals surface area (Å²) >= 11 is 6.03. The first-order chi connectivity index (χ1) is 31.7. The lowest BCUT2D eigenvalue weighted by Gasteiger charge is -2.35. The minimum Gasteiger partial charge on any atom is -0.435 e. The summed E-state index contributed by atoms with van der Waals surface area (Å²) in [5.74, 6) is -0.833. The maximum Gasteiger partial charge on any atom is 0.395 e. The van der Waals surface area contributed by atoms with Gasteiger partial charge in [0.15, 0.2) is 5.65 Å². The zero-order chi connectivity index (χ0) is 46.1. The van der Waals surface area contributed by atoms with Crippen molar-refractivity contribution in [1.29, 1.82) is 0 Å². The van der Waals surface area contributed by atoms with Gasteiger partial charge in [0.05, 0.1) is 36.1 Å². The Labute approximate surface area is 377 Å². The van der Waals surface area contributed by atoms with Gasteiger partial charge < -0.3 is 24.4 Å². The molecule has 20 heteroatoms. The molecule has 10 rings (SSSR count). The monoisotopic (exact) mass is 930 g/mol. The molecule has 0 atom stereocenters. The van der Waals surface area contributed by atoms with Crippen molar-refractivity contribution in [2.24, 2.45) is 5.41 Å². The van der Waals surface area contributed by atoms with Gasteiger partial charge in [-0.25, -0.2) is 24.1 Å². The normalized spacial score (nSPS) is 16.6. The van der Waals surface area contributed by atoms with Crippen molar-refractivity contribution in [3.63, 3.8) is 0 Å². The molecule has 0 bridgehead atoms. The maximum atomic E-state index is 15.0. The Kier molecular flexibility index (Phi) is 11.0. The number of amides is 1. The molecule has 342 valence electrons. The summed E-state index contributed by atoms with van der Waals surface area (Å²) in [5, 5.41) is 4.23. The Morgan fingerprint density at radius 1 is 0.985 bits per heavy atom. The van der Waals surface area contributed by atoms with Crippen LogP contribution in [0.1, 0.15) is 64.7 Å². The number of hydrogen-bond acceptors (Lipinski definition) is 9. The summed E-state index contributed by atoms with van der Waals surface area (Å²) in [6.07, 6.45) is 0.278. The minimum absolute atomic E-state index is 0.0651. The van der Waals surface area contributed by atoms with Gasteiger partial charge in [0, 0.05) is 71.8 Å². The van der Waals surface area contributed by atoms with Crippen LogP contribution in [0.2, 0.25) is 5.02 Å². The van der Waals surface area contributed by atoms with Crippen molar-refractivity contribution in [1.82, 2.24) is 43.4 Å². The van der Waals surface area contributed by atoms with Gasteiger partial charge in [-0.2, -0.15) is 26.9 Å². The van der Waals surface area contributed by atoms with Gasteiger partial charge in [0.2, 0.25) is 5.95 Å². The van der Waals surface area contributed by atoms with Crippen LogP contribution in [-0.4, -0.2) is 88.3 Å². The molecule has 13 nitrogen and oxygen atoms in total. The molecule has 1 amide bonds. The lowest BCUT2D eigenvalue weighted by molar-refractivity contribution is -0.192. The van der Waals surface area contributed by atoms with Crippen molar-refractivity contribution in [3.05, 3.63) is 129 Å². The highest BCUT2D eigenvalue weighted by Crippen LogP contribution is 2.58. The first-order valence-corrected chi connectivity index (χ1v) is 21.8. The van der Waals surface area contributed by atoms with Crippen LogP contribution in [0.3, 0.4) is 0 Å². The molecule has 0 spiro atoms. The number of carbonyl (C=O) groups is 1. The number of rotatable bonds is 11. The molecule has 5 aromatic heterocycles. The highest BCUT2D eigenvalue weighted by Gasteiger charge is 2.63. The van der Waals surface area contributed by atoms with Crippen LogP contribution in [0.25, 0.3) is 27.9 Å². The predicted octanol–water partition coefficient (Wildman–Crippen LogP) is 9.00. The Balaban J connectivity index is 0.956. The van der Waals surface area contributed by atoms with E-state index in [1.807, 2.05) is 21.6 Å². The minimum atomic E-state index is -4.29. The van der Waals surface area contributed by atoms with Crippen molar-refractivity contribution < 1.29 is 35.9 Å². The zero-order valence-electron chi connectivity index (χ0n) is 35.3. The molecule has 3 aliphatic rings. The Hall–Kier alpha value is -6.47. The van der Waals surface area contributed by atoms with Gasteiger partial charge in [0.1, 0.15) is 28.4 Å². The molecule has 2 aromatic carbocycles. The number of hydrogen-bond donors (Lipinski definition) is 1. The smallest absolute Gasteiger partial charge is 0.395 e. The lowest BCUT2D eigenvalue weighted by atomic mass is 10.0. The molecule has 2 fully saturated rings. The van der Waals surface area contributed by atoms with Gasteiger partial charge in [-0.15, -0.1) is 0 Å². The van der Waals surface area contributed by atoms with Crippen molar-refractivity contribution in [2.45, 2.75) is 70.9 Å². The number of pyridine rings is 2. The van der Waals surface area contributed by atoms with Gasteiger partial charge >= 0.3 is 18.5 Å².